The molecule has 3 rings (SSSR count). The molecule has 2 amide bonds. The number of rotatable bonds is 17. The highest BCUT2D eigenvalue weighted by Gasteiger charge is 2.34. The van der Waals surface area contributed by atoms with Crippen LogP contribution in [0.2, 0.25) is 0 Å². The highest BCUT2D eigenvalue weighted by atomic mass is 16.5. The summed E-state index contributed by atoms with van der Waals surface area (Å²) in [6, 6.07) is 7.24. The molecule has 0 aromatic carbocycles. The molecule has 1 fully saturated rings. The number of aromatic nitrogens is 1. The summed E-state index contributed by atoms with van der Waals surface area (Å²) in [5, 5.41) is 3.03. The number of ether oxygens (including phenoxy) is 1. The number of aryl methyl sites for hydroxylation is 1. The molecule has 2 aromatic rings. The first-order valence-electron chi connectivity index (χ1n) is 15.3. The molecule has 0 unspecified atom stereocenters. The van der Waals surface area contributed by atoms with E-state index in [0.717, 1.165) is 63.7 Å². The summed E-state index contributed by atoms with van der Waals surface area (Å²) in [7, 11) is 0. The molecule has 1 N–H and O–H groups in total. The van der Waals surface area contributed by atoms with Gasteiger partial charge in [-0.2, -0.15) is 0 Å². The summed E-state index contributed by atoms with van der Waals surface area (Å²) in [6.07, 6.45) is 12.2. The molecule has 1 aliphatic carbocycles. The van der Waals surface area contributed by atoms with Crippen molar-refractivity contribution >= 4 is 23.6 Å². The minimum Gasteiger partial charge on any atom is -0.466 e. The largest absolute Gasteiger partial charge is 0.466 e. The lowest BCUT2D eigenvalue weighted by Gasteiger charge is -2.38. The zero-order chi connectivity index (χ0) is 29.5. The molecule has 0 saturated heterocycles. The monoisotopic (exact) mass is 568 g/mol. The van der Waals surface area contributed by atoms with Crippen LogP contribution in [0.25, 0.3) is 0 Å². The van der Waals surface area contributed by atoms with Crippen LogP contribution in [-0.2, 0) is 14.3 Å². The first kappa shape index (κ1) is 32.3. The second kappa shape index (κ2) is 16.9. The maximum Gasteiger partial charge on any atom is 0.305 e. The Kier molecular flexibility index (Phi) is 13.3. The summed E-state index contributed by atoms with van der Waals surface area (Å²) < 4.78 is 10.4. The van der Waals surface area contributed by atoms with Gasteiger partial charge in [-0.15, -0.1) is 0 Å². The van der Waals surface area contributed by atoms with E-state index in [-0.39, 0.29) is 23.2 Å². The summed E-state index contributed by atoms with van der Waals surface area (Å²) >= 11 is 0. The number of carbonyl (C=O) groups is 3. The van der Waals surface area contributed by atoms with Gasteiger partial charge >= 0.3 is 5.97 Å². The Labute approximate surface area is 245 Å². The van der Waals surface area contributed by atoms with Gasteiger partial charge in [-0.05, 0) is 94.8 Å². The first-order valence-corrected chi connectivity index (χ1v) is 15.3. The number of nitrogens with one attached hydrogen (secondary N) is 1. The Bertz CT molecular complexity index is 1060. The molecule has 0 spiro atoms. The number of hydrogen-bond donors (Lipinski definition) is 1. The molecule has 9 heteroatoms. The lowest BCUT2D eigenvalue weighted by atomic mass is 9.69. The van der Waals surface area contributed by atoms with Crippen LogP contribution in [0.5, 0.6) is 0 Å². The van der Waals surface area contributed by atoms with Gasteiger partial charge in [0.05, 0.1) is 12.9 Å². The van der Waals surface area contributed by atoms with Gasteiger partial charge in [-0.3, -0.25) is 19.3 Å². The molecule has 226 valence electrons. The van der Waals surface area contributed by atoms with Gasteiger partial charge in [-0.25, -0.2) is 4.98 Å². The Morgan fingerprint density at radius 2 is 1.85 bits per heavy atom. The molecular weight excluding hydrogens is 520 g/mol. The van der Waals surface area contributed by atoms with Crippen LogP contribution in [0, 0.1) is 12.3 Å². The predicted octanol–water partition coefficient (Wildman–Crippen LogP) is 5.53. The number of esters is 1. The SMILES string of the molecule is CCOC(=O)CCCNC(=O)CC1(CCN(CC)CCCN(C(=O)c2ccco2)c2ccc(C)cn2)CCCCC1. The number of nitrogens with zero attached hydrogens (tertiary/aromatic N) is 3. The van der Waals surface area contributed by atoms with Crippen molar-refractivity contribution in [1.82, 2.24) is 15.2 Å². The zero-order valence-electron chi connectivity index (χ0n) is 25.2. The number of anilines is 1. The molecule has 0 atom stereocenters. The van der Waals surface area contributed by atoms with Crippen molar-refractivity contribution in [3.8, 4) is 0 Å². The van der Waals surface area contributed by atoms with E-state index in [4.69, 9.17) is 9.15 Å². The zero-order valence-corrected chi connectivity index (χ0v) is 25.2. The van der Waals surface area contributed by atoms with Gasteiger partial charge in [0.25, 0.3) is 5.91 Å². The lowest BCUT2D eigenvalue weighted by molar-refractivity contribution is -0.143. The van der Waals surface area contributed by atoms with E-state index in [1.807, 2.05) is 19.1 Å². The highest BCUT2D eigenvalue weighted by Crippen LogP contribution is 2.42. The molecular formula is C32H48N4O5. The van der Waals surface area contributed by atoms with Crippen LogP contribution in [0.1, 0.15) is 94.2 Å². The summed E-state index contributed by atoms with van der Waals surface area (Å²) in [5.41, 5.74) is 1.06. The Hall–Kier alpha value is -3.20. The first-order chi connectivity index (χ1) is 19.9. The van der Waals surface area contributed by atoms with Crippen LogP contribution >= 0.6 is 0 Å². The van der Waals surface area contributed by atoms with E-state index in [9.17, 15) is 14.4 Å². The van der Waals surface area contributed by atoms with Crippen LogP contribution in [0.15, 0.2) is 41.1 Å². The summed E-state index contributed by atoms with van der Waals surface area (Å²) in [4.78, 5) is 46.2. The topological polar surface area (TPSA) is 105 Å². The van der Waals surface area contributed by atoms with Gasteiger partial charge in [0.15, 0.2) is 5.76 Å². The van der Waals surface area contributed by atoms with Crippen molar-refractivity contribution in [2.24, 2.45) is 5.41 Å². The van der Waals surface area contributed by atoms with E-state index in [0.29, 0.717) is 50.5 Å². The van der Waals surface area contributed by atoms with Crippen LogP contribution < -0.4 is 10.2 Å². The summed E-state index contributed by atoms with van der Waals surface area (Å²) in [6.45, 7) is 10.0. The Morgan fingerprint density at radius 3 is 2.51 bits per heavy atom. The third-order valence-corrected chi connectivity index (χ3v) is 8.05. The number of amides is 2. The van der Waals surface area contributed by atoms with Crippen molar-refractivity contribution in [3.05, 3.63) is 48.0 Å². The average molecular weight is 569 g/mol. The fourth-order valence-electron chi connectivity index (χ4n) is 5.66. The Morgan fingerprint density at radius 1 is 1.05 bits per heavy atom. The number of pyridine rings is 1. The minimum atomic E-state index is -0.214. The van der Waals surface area contributed by atoms with E-state index in [1.54, 1.807) is 30.2 Å². The molecule has 2 heterocycles. The van der Waals surface area contributed by atoms with E-state index < -0.39 is 0 Å². The van der Waals surface area contributed by atoms with Crippen molar-refractivity contribution in [1.29, 1.82) is 0 Å². The summed E-state index contributed by atoms with van der Waals surface area (Å²) in [5.74, 6) is 0.599. The van der Waals surface area contributed by atoms with Crippen molar-refractivity contribution in [3.63, 3.8) is 0 Å². The lowest BCUT2D eigenvalue weighted by Crippen LogP contribution is -2.38. The molecule has 0 aliphatic heterocycles. The third-order valence-electron chi connectivity index (χ3n) is 8.05. The van der Waals surface area contributed by atoms with Gasteiger partial charge < -0.3 is 19.4 Å². The molecule has 0 bridgehead atoms. The molecule has 0 radical (unpaired) electrons. The fraction of sp³-hybridized carbons (Fsp3) is 0.625. The Balaban J connectivity index is 1.52. The average Bonchev–Trinajstić information content (AvgIpc) is 3.51. The van der Waals surface area contributed by atoms with E-state index in [2.05, 4.69) is 22.1 Å². The van der Waals surface area contributed by atoms with Crippen LogP contribution in [0.3, 0.4) is 0 Å². The molecule has 1 saturated carbocycles. The van der Waals surface area contributed by atoms with Crippen molar-refractivity contribution in [2.45, 2.75) is 85.0 Å². The molecule has 9 nitrogen and oxygen atoms in total. The normalized spacial score (nSPS) is 14.5. The second-order valence-electron chi connectivity index (χ2n) is 11.2. The maximum absolute atomic E-state index is 13.2. The van der Waals surface area contributed by atoms with Gasteiger partial charge in [0, 0.05) is 32.1 Å². The van der Waals surface area contributed by atoms with Crippen molar-refractivity contribution < 1.29 is 23.5 Å². The second-order valence-corrected chi connectivity index (χ2v) is 11.2. The van der Waals surface area contributed by atoms with Crippen molar-refractivity contribution in [2.75, 3.05) is 44.2 Å². The quantitative estimate of drug-likeness (QED) is 0.198. The third kappa shape index (κ3) is 10.6. The highest BCUT2D eigenvalue weighted by molar-refractivity contribution is 6.03. The predicted molar refractivity (Wildman–Crippen MR) is 160 cm³/mol. The maximum atomic E-state index is 13.2. The van der Waals surface area contributed by atoms with Crippen LogP contribution in [0.4, 0.5) is 5.82 Å². The number of hydrogen-bond acceptors (Lipinski definition) is 7. The van der Waals surface area contributed by atoms with Crippen LogP contribution in [-0.4, -0.2) is 67.0 Å². The molecule has 2 aromatic heterocycles. The molecule has 1 aliphatic rings. The number of carbonyl (C=O) groups excluding carboxylic acids is 3. The minimum absolute atomic E-state index is 0.0179. The fourth-order valence-corrected chi connectivity index (χ4v) is 5.66. The van der Waals surface area contributed by atoms with E-state index in [1.165, 1.54) is 12.7 Å². The standard InChI is InChI=1S/C32H48N4O5/c1-4-35(20-11-21-36(28-15-14-26(3)25-34-28)31(39)27-12-10-23-41-27)22-18-32(16-7-6-8-17-32)24-29(37)33-19-9-13-30(38)40-5-2/h10,12,14-15,23,25H,4-9,11,13,16-22,24H2,1-3H3,(H,33,37). The van der Waals surface area contributed by atoms with Gasteiger partial charge in [-0.1, -0.05) is 32.3 Å². The smallest absolute Gasteiger partial charge is 0.305 e. The van der Waals surface area contributed by atoms with Gasteiger partial charge in [0.1, 0.15) is 5.82 Å². The molecule has 41 heavy (non-hydrogen) atoms. The number of furan rings is 1. The van der Waals surface area contributed by atoms with Gasteiger partial charge in [0.2, 0.25) is 5.91 Å². The van der Waals surface area contributed by atoms with E-state index >= 15 is 0 Å².